The summed E-state index contributed by atoms with van der Waals surface area (Å²) in [5, 5.41) is 0. The number of rotatable bonds is 4. The van der Waals surface area contributed by atoms with E-state index in [4.69, 9.17) is 4.74 Å². The van der Waals surface area contributed by atoms with Gasteiger partial charge in [-0.25, -0.2) is 13.2 Å². The molecule has 0 aromatic carbocycles. The molecule has 3 heterocycles. The first-order chi connectivity index (χ1) is 11.9. The van der Waals surface area contributed by atoms with Crippen LogP contribution < -0.4 is 0 Å². The summed E-state index contributed by atoms with van der Waals surface area (Å²) in [4.78, 5) is 19.5. The van der Waals surface area contributed by atoms with Crippen molar-refractivity contribution in [3.8, 4) is 0 Å². The average molecular weight is 357 g/mol. The van der Waals surface area contributed by atoms with Gasteiger partial charge >= 0.3 is 0 Å². The first kappa shape index (κ1) is 18.1. The van der Waals surface area contributed by atoms with Crippen molar-refractivity contribution in [1.29, 1.82) is 0 Å². The smallest absolute Gasteiger partial charge is 0.262 e. The number of pyridine rings is 1. The molecular formula is C17H22F3N3O2. The highest BCUT2D eigenvalue weighted by atomic mass is 19.3. The lowest BCUT2D eigenvalue weighted by molar-refractivity contribution is 0.00282. The number of piperidine rings is 1. The topological polar surface area (TPSA) is 45.7 Å². The Morgan fingerprint density at radius 3 is 2.76 bits per heavy atom. The van der Waals surface area contributed by atoms with Gasteiger partial charge < -0.3 is 9.64 Å². The number of likely N-dealkylation sites (tertiary alicyclic amines) is 2. The Morgan fingerprint density at radius 2 is 2.12 bits per heavy atom. The van der Waals surface area contributed by atoms with Crippen molar-refractivity contribution in [2.75, 3.05) is 33.4 Å². The van der Waals surface area contributed by atoms with E-state index in [0.29, 0.717) is 25.9 Å². The van der Waals surface area contributed by atoms with Crippen LogP contribution >= 0.6 is 0 Å². The minimum Gasteiger partial charge on any atom is -0.383 e. The van der Waals surface area contributed by atoms with Gasteiger partial charge in [0.15, 0.2) is 5.82 Å². The van der Waals surface area contributed by atoms with E-state index in [1.54, 1.807) is 4.90 Å². The highest BCUT2D eigenvalue weighted by Crippen LogP contribution is 2.35. The molecule has 8 heteroatoms. The first-order valence-corrected chi connectivity index (χ1v) is 8.42. The van der Waals surface area contributed by atoms with Crippen molar-refractivity contribution >= 4 is 5.91 Å². The minimum atomic E-state index is -2.70. The van der Waals surface area contributed by atoms with E-state index in [1.165, 1.54) is 19.4 Å². The Morgan fingerprint density at radius 1 is 1.40 bits per heavy atom. The third-order valence-corrected chi connectivity index (χ3v) is 5.00. The van der Waals surface area contributed by atoms with Crippen LogP contribution in [-0.2, 0) is 4.74 Å². The van der Waals surface area contributed by atoms with Crippen LogP contribution in [0.25, 0.3) is 0 Å². The van der Waals surface area contributed by atoms with Crippen LogP contribution in [0.1, 0.15) is 29.6 Å². The van der Waals surface area contributed by atoms with Gasteiger partial charge in [0.25, 0.3) is 11.8 Å². The Labute approximate surface area is 144 Å². The number of carbonyl (C=O) groups excluding carboxylic acids is 1. The lowest BCUT2D eigenvalue weighted by Gasteiger charge is -2.39. The van der Waals surface area contributed by atoms with Crippen LogP contribution in [-0.4, -0.2) is 72.0 Å². The summed E-state index contributed by atoms with van der Waals surface area (Å²) in [5.41, 5.74) is -0.00147. The van der Waals surface area contributed by atoms with E-state index in [2.05, 4.69) is 4.98 Å². The average Bonchev–Trinajstić information content (AvgIpc) is 2.90. The van der Waals surface area contributed by atoms with Gasteiger partial charge in [0.05, 0.1) is 24.9 Å². The molecule has 0 radical (unpaired) electrons. The van der Waals surface area contributed by atoms with Crippen molar-refractivity contribution < 1.29 is 22.7 Å². The Hall–Kier alpha value is -1.67. The fourth-order valence-electron chi connectivity index (χ4n) is 3.82. The monoisotopic (exact) mass is 357 g/mol. The number of amides is 1. The second-order valence-corrected chi connectivity index (χ2v) is 6.72. The molecule has 0 saturated carbocycles. The van der Waals surface area contributed by atoms with Gasteiger partial charge in [0.2, 0.25) is 0 Å². The summed E-state index contributed by atoms with van der Waals surface area (Å²) in [7, 11) is 1.51. The summed E-state index contributed by atoms with van der Waals surface area (Å²) >= 11 is 0. The third-order valence-electron chi connectivity index (χ3n) is 5.00. The molecule has 2 aliphatic rings. The maximum absolute atomic E-state index is 13.8. The molecule has 0 unspecified atom stereocenters. The molecule has 2 fully saturated rings. The fraction of sp³-hybridized carbons (Fsp3) is 0.647. The number of nitrogens with zero attached hydrogens (tertiary/aromatic N) is 3. The Balaban J connectivity index is 1.62. The Bertz CT molecular complexity index is 621. The van der Waals surface area contributed by atoms with Crippen LogP contribution in [0.2, 0.25) is 0 Å². The van der Waals surface area contributed by atoms with Crippen molar-refractivity contribution in [2.24, 2.45) is 0 Å². The van der Waals surface area contributed by atoms with Gasteiger partial charge in [-0.05, 0) is 18.9 Å². The zero-order valence-corrected chi connectivity index (χ0v) is 14.1. The second kappa shape index (κ2) is 7.29. The number of hydrogen-bond donors (Lipinski definition) is 0. The normalized spacial score (nSPS) is 24.6. The SMILES string of the molecule is COC[C@@H]1CC(F)(F)CN1C1CCN(C(=O)c2ccncc2F)CC1. The molecule has 0 bridgehead atoms. The fourth-order valence-corrected chi connectivity index (χ4v) is 3.82. The molecule has 25 heavy (non-hydrogen) atoms. The predicted octanol–water partition coefficient (Wildman–Crippen LogP) is 2.18. The number of alkyl halides is 2. The van der Waals surface area contributed by atoms with Crippen molar-refractivity contribution in [1.82, 2.24) is 14.8 Å². The van der Waals surface area contributed by atoms with E-state index in [9.17, 15) is 18.0 Å². The third kappa shape index (κ3) is 3.95. The summed E-state index contributed by atoms with van der Waals surface area (Å²) in [5.74, 6) is -3.72. The molecule has 2 saturated heterocycles. The van der Waals surface area contributed by atoms with Crippen LogP contribution in [0, 0.1) is 5.82 Å². The standard InChI is InChI=1S/C17H22F3N3O2/c1-25-10-13-8-17(19,20)11-23(13)12-3-6-22(7-4-12)16(24)14-2-5-21-9-15(14)18/h2,5,9,12-13H,3-4,6-8,10-11H2,1H3/t13-/m0/s1. The zero-order chi connectivity index (χ0) is 18.0. The van der Waals surface area contributed by atoms with Gasteiger partial charge in [0, 0.05) is 44.9 Å². The van der Waals surface area contributed by atoms with Crippen LogP contribution in [0.5, 0.6) is 0 Å². The maximum atomic E-state index is 13.8. The van der Waals surface area contributed by atoms with E-state index < -0.39 is 11.7 Å². The van der Waals surface area contributed by atoms with Gasteiger partial charge in [0.1, 0.15) is 0 Å². The lowest BCUT2D eigenvalue weighted by Crippen LogP contribution is -2.49. The van der Waals surface area contributed by atoms with Crippen LogP contribution in [0.15, 0.2) is 18.5 Å². The van der Waals surface area contributed by atoms with Crippen LogP contribution in [0.3, 0.4) is 0 Å². The lowest BCUT2D eigenvalue weighted by atomic mass is 10.0. The molecule has 1 amide bonds. The largest absolute Gasteiger partial charge is 0.383 e. The minimum absolute atomic E-state index is 0.00147. The molecular weight excluding hydrogens is 335 g/mol. The van der Waals surface area contributed by atoms with Gasteiger partial charge in [-0.15, -0.1) is 0 Å². The van der Waals surface area contributed by atoms with Gasteiger partial charge in [-0.2, -0.15) is 0 Å². The number of hydrogen-bond acceptors (Lipinski definition) is 4. The predicted molar refractivity (Wildman–Crippen MR) is 85.1 cm³/mol. The quantitative estimate of drug-likeness (QED) is 0.829. The van der Waals surface area contributed by atoms with Crippen molar-refractivity contribution in [2.45, 2.75) is 37.3 Å². The van der Waals surface area contributed by atoms with Crippen molar-refractivity contribution in [3.63, 3.8) is 0 Å². The summed E-state index contributed by atoms with van der Waals surface area (Å²) in [6, 6.07) is 1.05. The highest BCUT2D eigenvalue weighted by molar-refractivity contribution is 5.94. The zero-order valence-electron chi connectivity index (χ0n) is 14.1. The molecule has 1 aromatic heterocycles. The number of halogens is 3. The maximum Gasteiger partial charge on any atom is 0.262 e. The molecule has 5 nitrogen and oxygen atoms in total. The summed E-state index contributed by atoms with van der Waals surface area (Å²) in [6.45, 7) is 0.857. The summed E-state index contributed by atoms with van der Waals surface area (Å²) in [6.07, 6.45) is 3.39. The first-order valence-electron chi connectivity index (χ1n) is 8.42. The molecule has 0 aliphatic carbocycles. The molecule has 3 rings (SSSR count). The van der Waals surface area contributed by atoms with E-state index in [1.807, 2.05) is 4.90 Å². The van der Waals surface area contributed by atoms with Crippen molar-refractivity contribution in [3.05, 3.63) is 29.8 Å². The highest BCUT2D eigenvalue weighted by Gasteiger charge is 2.47. The number of aromatic nitrogens is 1. The Kier molecular flexibility index (Phi) is 5.29. The number of carbonyl (C=O) groups is 1. The number of methoxy groups -OCH3 is 1. The number of ether oxygens (including phenoxy) is 1. The van der Waals surface area contributed by atoms with E-state index in [0.717, 1.165) is 6.20 Å². The van der Waals surface area contributed by atoms with Crippen LogP contribution in [0.4, 0.5) is 13.2 Å². The second-order valence-electron chi connectivity index (χ2n) is 6.72. The molecule has 1 aromatic rings. The van der Waals surface area contributed by atoms with E-state index in [-0.39, 0.29) is 43.1 Å². The molecule has 138 valence electrons. The van der Waals surface area contributed by atoms with E-state index >= 15 is 0 Å². The molecule has 1 atom stereocenters. The molecule has 0 N–H and O–H groups in total. The summed E-state index contributed by atoms with van der Waals surface area (Å²) < 4.78 is 46.4. The molecule has 0 spiro atoms. The van der Waals surface area contributed by atoms with Gasteiger partial charge in [-0.3, -0.25) is 14.7 Å². The van der Waals surface area contributed by atoms with Gasteiger partial charge in [-0.1, -0.05) is 0 Å². The molecule has 2 aliphatic heterocycles.